The minimum absolute atomic E-state index is 0.0710. The fraction of sp³-hybridized carbons (Fsp3) is 0.283. The maximum Gasteiger partial charge on any atom is 0.408 e. The van der Waals surface area contributed by atoms with Crippen molar-refractivity contribution in [3.05, 3.63) is 120 Å². The van der Waals surface area contributed by atoms with Crippen molar-refractivity contribution in [3.63, 3.8) is 0 Å². The number of sulfone groups is 1. The lowest BCUT2D eigenvalue weighted by molar-refractivity contribution is 0.0543. The molecule has 0 aliphatic carbocycles. The Morgan fingerprint density at radius 3 is 1.85 bits per heavy atom. The van der Waals surface area contributed by atoms with Gasteiger partial charge in [0.15, 0.2) is 15.8 Å². The monoisotopic (exact) mass is 953 g/mol. The normalized spacial score (nSPS) is 12.6. The summed E-state index contributed by atoms with van der Waals surface area (Å²) in [5.41, 5.74) is 7.88. The second kappa shape index (κ2) is 19.4. The molecule has 0 saturated carbocycles. The van der Waals surface area contributed by atoms with Crippen molar-refractivity contribution >= 4 is 42.9 Å². The van der Waals surface area contributed by atoms with Crippen LogP contribution < -0.4 is 19.9 Å². The number of sulfonamides is 1. The number of aromatic amines is 1. The minimum atomic E-state index is -5.05. The Labute approximate surface area is 387 Å². The number of H-pyrrole nitrogens is 1. The molecule has 5 aromatic carbocycles. The zero-order valence-electron chi connectivity index (χ0n) is 37.6. The molecule has 0 bridgehead atoms. The van der Waals surface area contributed by atoms with Crippen molar-refractivity contribution in [2.75, 3.05) is 39.4 Å². The third-order valence-corrected chi connectivity index (χ3v) is 14.8. The van der Waals surface area contributed by atoms with E-state index in [1.807, 2.05) is 0 Å². The largest absolute Gasteiger partial charge is 0.497 e. The van der Waals surface area contributed by atoms with Crippen molar-refractivity contribution in [1.82, 2.24) is 39.4 Å². The van der Waals surface area contributed by atoms with E-state index < -0.39 is 59.7 Å². The highest BCUT2D eigenvalue weighted by Crippen LogP contribution is 2.43. The van der Waals surface area contributed by atoms with Crippen LogP contribution in [0.25, 0.3) is 33.5 Å². The van der Waals surface area contributed by atoms with Crippen molar-refractivity contribution in [2.24, 2.45) is 0 Å². The number of aromatic nitrogens is 6. The van der Waals surface area contributed by atoms with E-state index in [9.17, 15) is 15.0 Å². The van der Waals surface area contributed by atoms with Gasteiger partial charge in [-0.05, 0) is 96.8 Å². The number of hydrogen-bond acceptors (Lipinski definition) is 14. The smallest absolute Gasteiger partial charge is 0.408 e. The molecule has 0 aliphatic heterocycles. The molecule has 2 heterocycles. The SMILES string of the molecule is COc1ccc(CN(Cc2ccc(OC)cc2)S(=O)(=O)c2c(S(=O)(=O)CC(CO)N(C(=O)O)C(C)(C)C)ccc(-c3cccc4[nH]c(N)nc34)c2-c2nnn(Cc3ccc(OC)cc3)n2)cc1. The maximum absolute atomic E-state index is 16.1. The number of nitrogen functional groups attached to an aromatic ring is 1. The van der Waals surface area contributed by atoms with E-state index in [1.165, 1.54) is 25.1 Å². The Balaban J connectivity index is 1.54. The van der Waals surface area contributed by atoms with Crippen LogP contribution in [-0.2, 0) is 39.5 Å². The number of rotatable bonds is 18. The van der Waals surface area contributed by atoms with Gasteiger partial charge in [-0.25, -0.2) is 26.6 Å². The molecule has 0 fully saturated rings. The van der Waals surface area contributed by atoms with Crippen molar-refractivity contribution in [2.45, 2.75) is 61.8 Å². The Hall–Kier alpha value is -7.07. The number of benzene rings is 5. The number of carbonyl (C=O) groups is 1. The molecule has 21 heteroatoms. The van der Waals surface area contributed by atoms with E-state index in [0.717, 1.165) is 20.8 Å². The van der Waals surface area contributed by atoms with Gasteiger partial charge in [0.25, 0.3) is 0 Å². The summed E-state index contributed by atoms with van der Waals surface area (Å²) >= 11 is 0. The van der Waals surface area contributed by atoms with Crippen molar-refractivity contribution in [1.29, 1.82) is 0 Å². The van der Waals surface area contributed by atoms with Crippen molar-refractivity contribution in [3.8, 4) is 39.8 Å². The molecule has 5 N–H and O–H groups in total. The third kappa shape index (κ3) is 10.3. The molecule has 67 heavy (non-hydrogen) atoms. The van der Waals surface area contributed by atoms with Gasteiger partial charge in [-0.2, -0.15) is 9.10 Å². The number of nitrogens with zero attached hydrogens (tertiary/aromatic N) is 7. The zero-order chi connectivity index (χ0) is 48.3. The average molecular weight is 954 g/mol. The highest BCUT2D eigenvalue weighted by atomic mass is 32.2. The van der Waals surface area contributed by atoms with E-state index in [0.29, 0.717) is 45.0 Å². The molecule has 1 unspecified atom stereocenters. The van der Waals surface area contributed by atoms with Crippen LogP contribution in [-0.4, -0.2) is 118 Å². The summed E-state index contributed by atoms with van der Waals surface area (Å²) in [6, 6.07) is 26.7. The minimum Gasteiger partial charge on any atom is -0.497 e. The summed E-state index contributed by atoms with van der Waals surface area (Å²) in [6.45, 7) is 3.31. The second-order valence-corrected chi connectivity index (χ2v) is 20.4. The second-order valence-electron chi connectivity index (χ2n) is 16.5. The molecular weight excluding hydrogens is 903 g/mol. The predicted molar refractivity (Wildman–Crippen MR) is 250 cm³/mol. The number of hydrogen-bond donors (Lipinski definition) is 4. The first-order chi connectivity index (χ1) is 31.9. The fourth-order valence-electron chi connectivity index (χ4n) is 7.85. The zero-order valence-corrected chi connectivity index (χ0v) is 39.2. The van der Waals surface area contributed by atoms with E-state index in [2.05, 4.69) is 20.3 Å². The number of methoxy groups -OCH3 is 3. The van der Waals surface area contributed by atoms with Crippen LogP contribution in [0.15, 0.2) is 113 Å². The topological polar surface area (TPSA) is 258 Å². The van der Waals surface area contributed by atoms with E-state index in [-0.39, 0.29) is 42.5 Å². The van der Waals surface area contributed by atoms with E-state index in [4.69, 9.17) is 25.0 Å². The van der Waals surface area contributed by atoms with Gasteiger partial charge in [0, 0.05) is 24.2 Å². The lowest BCUT2D eigenvalue weighted by atomic mass is 9.98. The third-order valence-electron chi connectivity index (χ3n) is 11.0. The maximum atomic E-state index is 16.1. The summed E-state index contributed by atoms with van der Waals surface area (Å²) in [4.78, 5) is 20.8. The fourth-order valence-corrected chi connectivity index (χ4v) is 11.8. The summed E-state index contributed by atoms with van der Waals surface area (Å²) in [5.74, 6) is 0.480. The number of para-hydroxylation sites is 1. The Morgan fingerprint density at radius 1 is 0.791 bits per heavy atom. The molecule has 7 rings (SSSR count). The standard InChI is InChI=1S/C46H51N9O10S2/c1-46(2,3)55(45(57)58)32(27-56)28-66(59,60)39-23-22-36(37-8-7-9-38-41(37)49-44(47)48-38)40(43-50-52-54(51-43)26-31-14-20-35(65-6)21-15-31)42(39)67(61,62)53(24-29-10-16-33(63-4)17-11-29)25-30-12-18-34(64-5)19-13-30/h7-23,32,56H,24-28H2,1-6H3,(H,57,58)(H3,47,48,49). The number of imidazole rings is 1. The number of carboxylic acid groups (broad SMARTS) is 1. The number of amides is 1. The number of ether oxygens (including phenoxy) is 3. The summed E-state index contributed by atoms with van der Waals surface area (Å²) in [7, 11) is -5.38. The van der Waals surface area contributed by atoms with Gasteiger partial charge < -0.3 is 35.1 Å². The first-order valence-corrected chi connectivity index (χ1v) is 23.9. The number of aliphatic hydroxyl groups is 1. The first kappa shape index (κ1) is 47.9. The summed E-state index contributed by atoms with van der Waals surface area (Å²) in [6.07, 6.45) is -1.49. The lowest BCUT2D eigenvalue weighted by Gasteiger charge is -2.38. The molecule has 0 saturated heterocycles. The summed E-state index contributed by atoms with van der Waals surface area (Å²) < 4.78 is 79.8. The highest BCUT2D eigenvalue weighted by molar-refractivity contribution is 7.93. The Kier molecular flexibility index (Phi) is 13.9. The van der Waals surface area contributed by atoms with Gasteiger partial charge in [-0.1, -0.05) is 54.6 Å². The number of tetrazole rings is 1. The molecule has 0 aliphatic rings. The Morgan fingerprint density at radius 2 is 1.34 bits per heavy atom. The molecule has 19 nitrogen and oxygen atoms in total. The molecule has 1 atom stereocenters. The van der Waals surface area contributed by atoms with Gasteiger partial charge in [0.1, 0.15) is 22.1 Å². The molecule has 352 valence electrons. The predicted octanol–water partition coefficient (Wildman–Crippen LogP) is 5.84. The van der Waals surface area contributed by atoms with Crippen LogP contribution in [0.5, 0.6) is 17.2 Å². The highest BCUT2D eigenvalue weighted by Gasteiger charge is 2.41. The first-order valence-electron chi connectivity index (χ1n) is 20.8. The number of nitrogens with two attached hydrogens (primary N) is 1. The van der Waals surface area contributed by atoms with Crippen molar-refractivity contribution < 1.29 is 46.1 Å². The number of anilines is 1. The van der Waals surface area contributed by atoms with E-state index in [1.54, 1.807) is 119 Å². The average Bonchev–Trinajstić information content (AvgIpc) is 3.93. The lowest BCUT2D eigenvalue weighted by Crippen LogP contribution is -2.55. The molecule has 7 aromatic rings. The van der Waals surface area contributed by atoms with Gasteiger partial charge in [0.05, 0.1) is 67.8 Å². The van der Waals surface area contributed by atoms with Crippen LogP contribution in [0.2, 0.25) is 0 Å². The van der Waals surface area contributed by atoms with Gasteiger partial charge in [-0.3, -0.25) is 4.90 Å². The molecule has 0 spiro atoms. The quantitative estimate of drug-likeness (QED) is 0.0787. The number of fused-ring (bicyclic) bond motifs is 1. The van der Waals surface area contributed by atoms with E-state index >= 15 is 16.8 Å². The number of aliphatic hydroxyl groups excluding tert-OH is 1. The van der Waals surface area contributed by atoms with Gasteiger partial charge in [0.2, 0.25) is 15.8 Å². The van der Waals surface area contributed by atoms with Crippen LogP contribution in [0.1, 0.15) is 37.5 Å². The molecule has 1 amide bonds. The molecule has 2 aromatic heterocycles. The Bertz CT molecular complexity index is 3050. The van der Waals surface area contributed by atoms with Crippen LogP contribution in [0, 0.1) is 0 Å². The van der Waals surface area contributed by atoms with Gasteiger partial charge in [-0.15, -0.1) is 10.2 Å². The van der Waals surface area contributed by atoms with Gasteiger partial charge >= 0.3 is 6.09 Å². The number of nitrogens with one attached hydrogen (secondary N) is 1. The summed E-state index contributed by atoms with van der Waals surface area (Å²) in [5, 5.41) is 34.3. The van der Waals surface area contributed by atoms with Crippen LogP contribution >= 0.6 is 0 Å². The molecular formula is C46H51N9O10S2. The van der Waals surface area contributed by atoms with Crippen LogP contribution in [0.3, 0.4) is 0 Å². The molecule has 0 radical (unpaired) electrons. The van der Waals surface area contributed by atoms with Crippen LogP contribution in [0.4, 0.5) is 10.7 Å².